The molecule has 0 spiro atoms. The van der Waals surface area contributed by atoms with Crippen LogP contribution in [0.4, 0.5) is 0 Å². The lowest BCUT2D eigenvalue weighted by Crippen LogP contribution is -2.08. The van der Waals surface area contributed by atoms with Crippen LogP contribution in [0.5, 0.6) is 0 Å². The standard InChI is InChI=1S/C14H15NO3/c1-3-13(16)12-6-10(5-11(7-12)9-15)8-14(17)18-4-2/h5-7H,3-4,8H2,1-2H3. The number of ketones is 1. The zero-order valence-electron chi connectivity index (χ0n) is 10.5. The molecule has 0 atom stereocenters. The van der Waals surface area contributed by atoms with Crippen LogP contribution < -0.4 is 0 Å². The maximum absolute atomic E-state index is 11.6. The first-order chi connectivity index (χ1) is 8.60. The van der Waals surface area contributed by atoms with E-state index >= 15 is 0 Å². The van der Waals surface area contributed by atoms with E-state index in [1.807, 2.05) is 6.07 Å². The fraction of sp³-hybridized carbons (Fsp3) is 0.357. The van der Waals surface area contributed by atoms with Gasteiger partial charge in [-0.25, -0.2) is 0 Å². The lowest BCUT2D eigenvalue weighted by atomic mass is 10.0. The maximum atomic E-state index is 11.6. The first-order valence-electron chi connectivity index (χ1n) is 5.83. The third-order valence-corrected chi connectivity index (χ3v) is 2.42. The number of carbonyl (C=O) groups excluding carboxylic acids is 2. The van der Waals surface area contributed by atoms with Crippen LogP contribution in [0.15, 0.2) is 18.2 Å². The minimum Gasteiger partial charge on any atom is -0.466 e. The fourth-order valence-corrected chi connectivity index (χ4v) is 1.60. The normalized spacial score (nSPS) is 9.61. The van der Waals surface area contributed by atoms with Crippen molar-refractivity contribution in [1.29, 1.82) is 5.26 Å². The Morgan fingerprint density at radius 1 is 1.28 bits per heavy atom. The van der Waals surface area contributed by atoms with Gasteiger partial charge in [0.15, 0.2) is 5.78 Å². The highest BCUT2D eigenvalue weighted by Gasteiger charge is 2.10. The van der Waals surface area contributed by atoms with Gasteiger partial charge < -0.3 is 4.74 Å². The fourth-order valence-electron chi connectivity index (χ4n) is 1.60. The largest absolute Gasteiger partial charge is 0.466 e. The smallest absolute Gasteiger partial charge is 0.310 e. The molecule has 0 saturated heterocycles. The van der Waals surface area contributed by atoms with Crippen molar-refractivity contribution in [3.05, 3.63) is 34.9 Å². The van der Waals surface area contributed by atoms with Gasteiger partial charge in [0.05, 0.1) is 24.7 Å². The summed E-state index contributed by atoms with van der Waals surface area (Å²) < 4.78 is 4.84. The Kier molecular flexibility index (Phi) is 5.06. The van der Waals surface area contributed by atoms with Crippen molar-refractivity contribution in [2.45, 2.75) is 26.7 Å². The number of esters is 1. The molecule has 1 rings (SSSR count). The molecule has 4 nitrogen and oxygen atoms in total. The molecule has 0 amide bonds. The number of nitrogens with zero attached hydrogens (tertiary/aromatic N) is 1. The van der Waals surface area contributed by atoms with Gasteiger partial charge in [-0.3, -0.25) is 9.59 Å². The lowest BCUT2D eigenvalue weighted by Gasteiger charge is -2.05. The summed E-state index contributed by atoms with van der Waals surface area (Å²) in [7, 11) is 0. The topological polar surface area (TPSA) is 67.2 Å². The summed E-state index contributed by atoms with van der Waals surface area (Å²) in [5, 5.41) is 8.90. The predicted molar refractivity (Wildman–Crippen MR) is 66.1 cm³/mol. The van der Waals surface area contributed by atoms with Crippen LogP contribution in [0.25, 0.3) is 0 Å². The molecule has 0 radical (unpaired) electrons. The van der Waals surface area contributed by atoms with E-state index in [1.165, 1.54) is 0 Å². The Morgan fingerprint density at radius 2 is 2.00 bits per heavy atom. The zero-order valence-corrected chi connectivity index (χ0v) is 10.5. The number of nitriles is 1. The van der Waals surface area contributed by atoms with E-state index in [0.29, 0.717) is 29.7 Å². The number of Topliss-reactive ketones (excluding diaryl/α,β-unsaturated/α-hetero) is 1. The van der Waals surface area contributed by atoms with Crippen molar-refractivity contribution in [2.24, 2.45) is 0 Å². The molecule has 0 N–H and O–H groups in total. The Balaban J connectivity index is 3.01. The van der Waals surface area contributed by atoms with E-state index < -0.39 is 0 Å². The molecule has 1 aromatic carbocycles. The van der Waals surface area contributed by atoms with E-state index in [0.717, 1.165) is 0 Å². The van der Waals surface area contributed by atoms with E-state index in [4.69, 9.17) is 10.00 Å². The number of hydrogen-bond acceptors (Lipinski definition) is 4. The Hall–Kier alpha value is -2.15. The van der Waals surface area contributed by atoms with Gasteiger partial charge in [-0.1, -0.05) is 6.92 Å². The second kappa shape index (κ2) is 6.55. The van der Waals surface area contributed by atoms with Crippen molar-refractivity contribution < 1.29 is 14.3 Å². The van der Waals surface area contributed by atoms with Gasteiger partial charge in [-0.05, 0) is 30.7 Å². The summed E-state index contributed by atoms with van der Waals surface area (Å²) in [4.78, 5) is 23.0. The van der Waals surface area contributed by atoms with E-state index in [1.54, 1.807) is 32.0 Å². The molecule has 18 heavy (non-hydrogen) atoms. The van der Waals surface area contributed by atoms with Crippen LogP contribution in [-0.4, -0.2) is 18.4 Å². The average molecular weight is 245 g/mol. The van der Waals surface area contributed by atoms with Crippen LogP contribution in [0.1, 0.15) is 41.8 Å². The van der Waals surface area contributed by atoms with Gasteiger partial charge in [-0.15, -0.1) is 0 Å². The van der Waals surface area contributed by atoms with Gasteiger partial charge in [0.1, 0.15) is 0 Å². The molecule has 0 heterocycles. The number of carbonyl (C=O) groups is 2. The molecule has 0 saturated carbocycles. The van der Waals surface area contributed by atoms with Crippen LogP contribution in [0, 0.1) is 11.3 Å². The second-order valence-corrected chi connectivity index (χ2v) is 3.79. The first-order valence-corrected chi connectivity index (χ1v) is 5.83. The van der Waals surface area contributed by atoms with Gasteiger partial charge in [0.2, 0.25) is 0 Å². The molecular weight excluding hydrogens is 230 g/mol. The molecule has 0 aliphatic rings. The first kappa shape index (κ1) is 13.9. The van der Waals surface area contributed by atoms with Gasteiger partial charge >= 0.3 is 5.97 Å². The zero-order chi connectivity index (χ0) is 13.5. The van der Waals surface area contributed by atoms with E-state index in [9.17, 15) is 9.59 Å². The summed E-state index contributed by atoms with van der Waals surface area (Å²) in [5.41, 5.74) is 1.48. The van der Waals surface area contributed by atoms with E-state index in [-0.39, 0.29) is 18.2 Å². The SMILES string of the molecule is CCOC(=O)Cc1cc(C#N)cc(C(=O)CC)c1. The number of rotatable bonds is 5. The van der Waals surface area contributed by atoms with Crippen LogP contribution in [0.2, 0.25) is 0 Å². The molecule has 0 aliphatic carbocycles. The Bertz CT molecular complexity index is 500. The summed E-state index contributed by atoms with van der Waals surface area (Å²) in [5.74, 6) is -0.403. The average Bonchev–Trinajstić information content (AvgIpc) is 2.37. The molecular formula is C14H15NO3. The molecule has 0 fully saturated rings. The molecule has 94 valence electrons. The molecule has 0 bridgehead atoms. The van der Waals surface area contributed by atoms with E-state index in [2.05, 4.69) is 0 Å². The van der Waals surface area contributed by atoms with Crippen molar-refractivity contribution in [1.82, 2.24) is 0 Å². The summed E-state index contributed by atoms with van der Waals surface area (Å²) >= 11 is 0. The van der Waals surface area contributed by atoms with Crippen molar-refractivity contribution >= 4 is 11.8 Å². The van der Waals surface area contributed by atoms with Gasteiger partial charge in [0.25, 0.3) is 0 Å². The number of hydrogen-bond donors (Lipinski definition) is 0. The highest BCUT2D eigenvalue weighted by Crippen LogP contribution is 2.13. The van der Waals surface area contributed by atoms with Crippen LogP contribution >= 0.6 is 0 Å². The highest BCUT2D eigenvalue weighted by molar-refractivity contribution is 5.96. The Labute approximate surface area is 106 Å². The minimum absolute atomic E-state index is 0.0443. The molecule has 0 aromatic heterocycles. The maximum Gasteiger partial charge on any atom is 0.310 e. The Morgan fingerprint density at radius 3 is 2.56 bits per heavy atom. The summed E-state index contributed by atoms with van der Waals surface area (Å²) in [6, 6.07) is 6.77. The molecule has 1 aromatic rings. The third kappa shape index (κ3) is 3.70. The summed E-state index contributed by atoms with van der Waals surface area (Å²) in [6.07, 6.45) is 0.446. The van der Waals surface area contributed by atoms with Crippen LogP contribution in [-0.2, 0) is 16.0 Å². The van der Waals surface area contributed by atoms with Crippen molar-refractivity contribution in [3.8, 4) is 6.07 Å². The predicted octanol–water partition coefficient (Wildman–Crippen LogP) is 2.26. The van der Waals surface area contributed by atoms with Crippen LogP contribution in [0.3, 0.4) is 0 Å². The summed E-state index contributed by atoms with van der Waals surface area (Å²) in [6.45, 7) is 3.81. The minimum atomic E-state index is -0.359. The molecule has 0 aliphatic heterocycles. The number of benzene rings is 1. The lowest BCUT2D eigenvalue weighted by molar-refractivity contribution is -0.142. The van der Waals surface area contributed by atoms with Crippen molar-refractivity contribution in [2.75, 3.05) is 6.61 Å². The van der Waals surface area contributed by atoms with Gasteiger partial charge in [-0.2, -0.15) is 5.26 Å². The van der Waals surface area contributed by atoms with Gasteiger partial charge in [0, 0.05) is 12.0 Å². The molecule has 0 unspecified atom stereocenters. The monoisotopic (exact) mass is 245 g/mol. The highest BCUT2D eigenvalue weighted by atomic mass is 16.5. The third-order valence-electron chi connectivity index (χ3n) is 2.42. The number of ether oxygens (including phenoxy) is 1. The molecule has 4 heteroatoms. The second-order valence-electron chi connectivity index (χ2n) is 3.79. The quantitative estimate of drug-likeness (QED) is 0.589. The van der Waals surface area contributed by atoms with Crippen molar-refractivity contribution in [3.63, 3.8) is 0 Å².